The Morgan fingerprint density at radius 2 is 1.58 bits per heavy atom. The van der Waals surface area contributed by atoms with E-state index in [-0.39, 0.29) is 17.6 Å². The molecule has 36 heavy (non-hydrogen) atoms. The van der Waals surface area contributed by atoms with Crippen molar-refractivity contribution in [3.05, 3.63) is 107 Å². The Morgan fingerprint density at radius 3 is 2.33 bits per heavy atom. The van der Waals surface area contributed by atoms with Gasteiger partial charge in [0.05, 0.1) is 6.42 Å². The molecule has 0 aromatic heterocycles. The minimum atomic E-state index is 0.00912. The number of carbonyl (C=O) groups is 2. The van der Waals surface area contributed by atoms with Gasteiger partial charge in [0, 0.05) is 18.0 Å². The van der Waals surface area contributed by atoms with E-state index < -0.39 is 0 Å². The van der Waals surface area contributed by atoms with Gasteiger partial charge in [-0.25, -0.2) is 0 Å². The molecule has 0 spiro atoms. The molecule has 1 atom stereocenters. The van der Waals surface area contributed by atoms with Gasteiger partial charge in [-0.05, 0) is 79.9 Å². The predicted molar refractivity (Wildman–Crippen MR) is 144 cm³/mol. The maximum absolute atomic E-state index is 13.2. The molecule has 1 heterocycles. The van der Waals surface area contributed by atoms with Crippen LogP contribution in [0, 0.1) is 5.92 Å². The standard InChI is InChI=1S/C32H36N2O2/c35-31(33-23-24-7-3-1-4-8-24)22-25-11-14-30-29(21-25)13-12-28(32(30)36)17-20-34-18-15-27(16-19-34)26-9-5-2-6-10-26/h1-11,14,21,27-28H,12-13,15-20,22-23H2,(H,33,35). The number of fused-ring (bicyclic) bond motifs is 1. The van der Waals surface area contributed by atoms with Crippen molar-refractivity contribution in [2.24, 2.45) is 5.92 Å². The van der Waals surface area contributed by atoms with Crippen LogP contribution < -0.4 is 5.32 Å². The first kappa shape index (κ1) is 24.5. The van der Waals surface area contributed by atoms with Gasteiger partial charge >= 0.3 is 0 Å². The van der Waals surface area contributed by atoms with Crippen LogP contribution in [0.2, 0.25) is 0 Å². The normalized spacial score (nSPS) is 18.6. The molecule has 1 amide bonds. The molecule has 0 saturated carbocycles. The Kier molecular flexibility index (Phi) is 7.92. The lowest BCUT2D eigenvalue weighted by Gasteiger charge is -2.33. The number of aryl methyl sites for hydroxylation is 1. The zero-order valence-corrected chi connectivity index (χ0v) is 21.0. The van der Waals surface area contributed by atoms with Gasteiger partial charge in [0.15, 0.2) is 5.78 Å². The average molecular weight is 481 g/mol. The Morgan fingerprint density at radius 1 is 0.861 bits per heavy atom. The van der Waals surface area contributed by atoms with Gasteiger partial charge in [-0.1, -0.05) is 78.9 Å². The van der Waals surface area contributed by atoms with Gasteiger partial charge < -0.3 is 10.2 Å². The van der Waals surface area contributed by atoms with Crippen LogP contribution >= 0.6 is 0 Å². The van der Waals surface area contributed by atoms with Crippen LogP contribution in [0.3, 0.4) is 0 Å². The Hall–Kier alpha value is -3.24. The molecule has 5 rings (SSSR count). The minimum Gasteiger partial charge on any atom is -0.352 e. The van der Waals surface area contributed by atoms with Gasteiger partial charge in [-0.3, -0.25) is 9.59 Å². The Balaban J connectivity index is 1.09. The number of ketones is 1. The van der Waals surface area contributed by atoms with Crippen molar-refractivity contribution in [1.29, 1.82) is 0 Å². The Bertz CT molecular complexity index is 1170. The molecule has 1 unspecified atom stereocenters. The third-order valence-corrected chi connectivity index (χ3v) is 7.92. The van der Waals surface area contributed by atoms with E-state index in [0.29, 0.717) is 18.9 Å². The second-order valence-electron chi connectivity index (χ2n) is 10.3. The van der Waals surface area contributed by atoms with Crippen LogP contribution in [-0.4, -0.2) is 36.2 Å². The quantitative estimate of drug-likeness (QED) is 0.459. The van der Waals surface area contributed by atoms with E-state index in [0.717, 1.165) is 61.2 Å². The number of benzene rings is 3. The molecule has 0 bridgehead atoms. The van der Waals surface area contributed by atoms with Crippen LogP contribution in [0.15, 0.2) is 78.9 Å². The number of nitrogens with zero attached hydrogens (tertiary/aromatic N) is 1. The molecule has 3 aromatic carbocycles. The third-order valence-electron chi connectivity index (χ3n) is 7.92. The first-order chi connectivity index (χ1) is 17.7. The van der Waals surface area contributed by atoms with Crippen molar-refractivity contribution in [1.82, 2.24) is 10.2 Å². The SMILES string of the molecule is O=C(Cc1ccc2c(c1)CCC(CCN1CCC(c3ccccc3)CC1)C2=O)NCc1ccccc1. The minimum absolute atomic E-state index is 0.00912. The van der Waals surface area contributed by atoms with E-state index in [1.54, 1.807) is 0 Å². The zero-order chi connectivity index (χ0) is 24.7. The predicted octanol–water partition coefficient (Wildman–Crippen LogP) is 5.56. The molecule has 0 radical (unpaired) electrons. The summed E-state index contributed by atoms with van der Waals surface area (Å²) in [6.45, 7) is 3.78. The fourth-order valence-corrected chi connectivity index (χ4v) is 5.76. The van der Waals surface area contributed by atoms with Crippen molar-refractivity contribution >= 4 is 11.7 Å². The lowest BCUT2D eigenvalue weighted by molar-refractivity contribution is -0.120. The van der Waals surface area contributed by atoms with Gasteiger partial charge in [0.25, 0.3) is 0 Å². The average Bonchev–Trinajstić information content (AvgIpc) is 2.93. The molecule has 1 saturated heterocycles. The highest BCUT2D eigenvalue weighted by Crippen LogP contribution is 2.31. The summed E-state index contributed by atoms with van der Waals surface area (Å²) >= 11 is 0. The summed E-state index contributed by atoms with van der Waals surface area (Å²) in [5, 5.41) is 2.99. The number of rotatable bonds is 8. The smallest absolute Gasteiger partial charge is 0.224 e. The number of Topliss-reactive ketones (excluding diaryl/α,β-unsaturated/α-hetero) is 1. The summed E-state index contributed by atoms with van der Waals surface area (Å²) in [7, 11) is 0. The van der Waals surface area contributed by atoms with Crippen LogP contribution in [0.25, 0.3) is 0 Å². The molecule has 1 aliphatic heterocycles. The fourth-order valence-electron chi connectivity index (χ4n) is 5.76. The zero-order valence-electron chi connectivity index (χ0n) is 21.0. The van der Waals surface area contributed by atoms with Crippen molar-refractivity contribution < 1.29 is 9.59 Å². The Labute approximate surface area is 214 Å². The molecule has 3 aromatic rings. The molecular formula is C32H36N2O2. The van der Waals surface area contributed by atoms with E-state index in [1.807, 2.05) is 42.5 Å². The topological polar surface area (TPSA) is 49.4 Å². The van der Waals surface area contributed by atoms with Crippen molar-refractivity contribution in [3.8, 4) is 0 Å². The maximum Gasteiger partial charge on any atom is 0.224 e. The number of hydrogen-bond acceptors (Lipinski definition) is 3. The number of likely N-dealkylation sites (tertiary alicyclic amines) is 1. The number of carbonyl (C=O) groups excluding carboxylic acids is 2. The summed E-state index contributed by atoms with van der Waals surface area (Å²) < 4.78 is 0. The summed E-state index contributed by atoms with van der Waals surface area (Å²) in [4.78, 5) is 28.2. The molecule has 1 aliphatic carbocycles. The van der Waals surface area contributed by atoms with Gasteiger partial charge in [-0.15, -0.1) is 0 Å². The number of nitrogens with one attached hydrogen (secondary N) is 1. The molecule has 2 aliphatic rings. The van der Waals surface area contributed by atoms with E-state index in [2.05, 4.69) is 46.6 Å². The first-order valence-electron chi connectivity index (χ1n) is 13.4. The summed E-state index contributed by atoms with van der Waals surface area (Å²) in [5.41, 5.74) is 5.50. The van der Waals surface area contributed by atoms with Gasteiger partial charge in [0.2, 0.25) is 5.91 Å². The van der Waals surface area contributed by atoms with Crippen LogP contribution in [0.1, 0.15) is 64.2 Å². The lowest BCUT2D eigenvalue weighted by atomic mass is 9.80. The molecule has 1 fully saturated rings. The van der Waals surface area contributed by atoms with Gasteiger partial charge in [-0.2, -0.15) is 0 Å². The number of hydrogen-bond donors (Lipinski definition) is 1. The molecule has 4 nitrogen and oxygen atoms in total. The first-order valence-corrected chi connectivity index (χ1v) is 13.4. The van der Waals surface area contributed by atoms with Crippen molar-refractivity contribution in [2.45, 2.75) is 51.0 Å². The van der Waals surface area contributed by atoms with Crippen LogP contribution in [-0.2, 0) is 24.2 Å². The number of amides is 1. The molecule has 1 N–H and O–H groups in total. The van der Waals surface area contributed by atoms with E-state index >= 15 is 0 Å². The van der Waals surface area contributed by atoms with E-state index in [4.69, 9.17) is 0 Å². The largest absolute Gasteiger partial charge is 0.352 e. The highest BCUT2D eigenvalue weighted by Gasteiger charge is 2.28. The van der Waals surface area contributed by atoms with Crippen LogP contribution in [0.4, 0.5) is 0 Å². The monoisotopic (exact) mass is 480 g/mol. The second kappa shape index (κ2) is 11.7. The fraction of sp³-hybridized carbons (Fsp3) is 0.375. The van der Waals surface area contributed by atoms with E-state index in [1.165, 1.54) is 18.4 Å². The molecule has 4 heteroatoms. The lowest BCUT2D eigenvalue weighted by Crippen LogP contribution is -2.35. The maximum atomic E-state index is 13.2. The molecular weight excluding hydrogens is 444 g/mol. The second-order valence-corrected chi connectivity index (χ2v) is 10.3. The summed E-state index contributed by atoms with van der Waals surface area (Å²) in [5.74, 6) is 1.08. The third kappa shape index (κ3) is 6.11. The van der Waals surface area contributed by atoms with E-state index in [9.17, 15) is 9.59 Å². The highest BCUT2D eigenvalue weighted by atomic mass is 16.1. The molecule has 186 valence electrons. The summed E-state index contributed by atoms with van der Waals surface area (Å²) in [6.07, 6.45) is 5.52. The summed E-state index contributed by atoms with van der Waals surface area (Å²) in [6, 6.07) is 26.8. The van der Waals surface area contributed by atoms with Crippen molar-refractivity contribution in [3.63, 3.8) is 0 Å². The van der Waals surface area contributed by atoms with Crippen LogP contribution in [0.5, 0.6) is 0 Å². The number of piperidine rings is 1. The highest BCUT2D eigenvalue weighted by molar-refractivity contribution is 6.00. The van der Waals surface area contributed by atoms with Gasteiger partial charge in [0.1, 0.15) is 0 Å². The van der Waals surface area contributed by atoms with Crippen molar-refractivity contribution in [2.75, 3.05) is 19.6 Å².